The maximum Gasteiger partial charge on any atom is 0.305 e. The molecular weight excluding hydrogens is 889 g/mol. The predicted molar refractivity (Wildman–Crippen MR) is 294 cm³/mol. The Morgan fingerprint density at radius 3 is 1.61 bits per heavy atom. The lowest BCUT2D eigenvalue weighted by molar-refractivity contribution is -0.329. The molecular formula is C62H96O9. The van der Waals surface area contributed by atoms with Crippen LogP contribution < -0.4 is 0 Å². The van der Waals surface area contributed by atoms with Crippen molar-refractivity contribution in [1.82, 2.24) is 0 Å². The van der Waals surface area contributed by atoms with E-state index in [9.17, 15) is 30.3 Å². The van der Waals surface area contributed by atoms with Crippen LogP contribution in [0.4, 0.5) is 0 Å². The molecule has 3 unspecified atom stereocenters. The molecule has 1 aliphatic heterocycles. The number of carbonyl (C=O) groups excluding carboxylic acids is 1. The van der Waals surface area contributed by atoms with E-state index in [1.807, 2.05) is 56.4 Å². The summed E-state index contributed by atoms with van der Waals surface area (Å²) in [6, 6.07) is 0. The van der Waals surface area contributed by atoms with Gasteiger partial charge in [0.1, 0.15) is 37.1 Å². The van der Waals surface area contributed by atoms with Gasteiger partial charge >= 0.3 is 5.97 Å². The van der Waals surface area contributed by atoms with E-state index in [-0.39, 0.29) is 24.5 Å². The fraction of sp³-hybridized carbons (Fsp3) is 0.597. The zero-order valence-corrected chi connectivity index (χ0v) is 45.7. The fourth-order valence-corrected chi connectivity index (χ4v) is 8.67. The van der Waals surface area contributed by atoms with Crippen molar-refractivity contribution in [3.05, 3.63) is 142 Å². The van der Waals surface area contributed by atoms with Gasteiger partial charge in [-0.25, -0.2) is 0 Å². The second kappa shape index (κ2) is 34.5. The third kappa shape index (κ3) is 26.6. The molecule has 0 radical (unpaired) electrons. The molecule has 0 spiro atoms. The van der Waals surface area contributed by atoms with Crippen LogP contribution in [0.15, 0.2) is 142 Å². The second-order valence-electron chi connectivity index (χ2n) is 21.2. The Bertz CT molecular complexity index is 1960. The van der Waals surface area contributed by atoms with Crippen LogP contribution in [0, 0.1) is 5.41 Å². The summed E-state index contributed by atoms with van der Waals surface area (Å²) < 4.78 is 17.2. The average Bonchev–Trinajstić information content (AvgIpc) is 3.30. The Hall–Kier alpha value is -3.93. The topological polar surface area (TPSA) is 146 Å². The van der Waals surface area contributed by atoms with Crippen LogP contribution in [0.2, 0.25) is 0 Å². The molecule has 5 N–H and O–H groups in total. The maximum atomic E-state index is 12.5. The maximum absolute atomic E-state index is 12.5. The van der Waals surface area contributed by atoms with Crippen molar-refractivity contribution in [2.45, 2.75) is 227 Å². The van der Waals surface area contributed by atoms with Crippen molar-refractivity contribution in [2.75, 3.05) is 6.61 Å². The number of carbonyl (C=O) groups is 1. The Morgan fingerprint density at radius 1 is 0.662 bits per heavy atom. The molecule has 2 rings (SSSR count). The van der Waals surface area contributed by atoms with Crippen molar-refractivity contribution in [3.8, 4) is 0 Å². The monoisotopic (exact) mass is 985 g/mol. The zero-order chi connectivity index (χ0) is 52.8. The summed E-state index contributed by atoms with van der Waals surface area (Å²) in [6.07, 6.45) is 43.1. The highest BCUT2D eigenvalue weighted by molar-refractivity contribution is 5.69. The molecule has 1 fully saturated rings. The quantitative estimate of drug-likeness (QED) is 0.0260. The summed E-state index contributed by atoms with van der Waals surface area (Å²) in [5, 5.41) is 53.2. The van der Waals surface area contributed by atoms with Crippen molar-refractivity contribution >= 4 is 5.97 Å². The van der Waals surface area contributed by atoms with Gasteiger partial charge in [0.05, 0.1) is 11.7 Å². The zero-order valence-electron chi connectivity index (χ0n) is 45.7. The number of unbranched alkanes of at least 4 members (excludes halogenated alkanes) is 12. The normalized spacial score (nSPS) is 24.1. The third-order valence-electron chi connectivity index (χ3n) is 13.2. The number of allylic oxidation sites excluding steroid dienone is 22. The average molecular weight is 985 g/mol. The predicted octanol–water partition coefficient (Wildman–Crippen LogP) is 13.5. The van der Waals surface area contributed by atoms with E-state index in [0.717, 1.165) is 54.4 Å². The van der Waals surface area contributed by atoms with Gasteiger partial charge < -0.3 is 39.7 Å². The minimum Gasteiger partial charge on any atom is -0.463 e. The molecule has 2 aliphatic rings. The van der Waals surface area contributed by atoms with Crippen molar-refractivity contribution in [1.29, 1.82) is 0 Å². The molecule has 9 nitrogen and oxygen atoms in total. The molecule has 71 heavy (non-hydrogen) atoms. The first-order valence-corrected chi connectivity index (χ1v) is 26.7. The van der Waals surface area contributed by atoms with Gasteiger partial charge in [-0.1, -0.05) is 235 Å². The highest BCUT2D eigenvalue weighted by Crippen LogP contribution is 2.41. The molecule has 1 aliphatic carbocycles. The molecule has 0 aromatic rings. The number of aliphatic hydroxyl groups is 5. The van der Waals surface area contributed by atoms with Crippen LogP contribution in [-0.2, 0) is 19.0 Å². The van der Waals surface area contributed by atoms with Gasteiger partial charge in [0.2, 0.25) is 0 Å². The summed E-state index contributed by atoms with van der Waals surface area (Å²) in [5.41, 5.74) is 6.67. The SMILES string of the molecule is CCCCCCCCCCCCCCCC(=O)OC[C@H]1OC(OC(C)(C)C(O)/C=C/C(C)=C/C=C/C(C)=C/C=C/C(C)=C/C=C/C=C(C)/C=C/C=C(C)/C=C/C2=C(C)CC(O)CC2(C)C)[C@H](O)[C@@H](O)[C@@H]1O. The molecule has 0 aromatic carbocycles. The number of aliphatic hydroxyl groups excluding tert-OH is 5. The van der Waals surface area contributed by atoms with Crippen LogP contribution in [0.25, 0.3) is 0 Å². The first-order valence-electron chi connectivity index (χ1n) is 26.7. The van der Waals surface area contributed by atoms with Gasteiger partial charge in [0, 0.05) is 6.42 Å². The number of hydrogen-bond donors (Lipinski definition) is 5. The van der Waals surface area contributed by atoms with E-state index in [0.29, 0.717) is 0 Å². The van der Waals surface area contributed by atoms with E-state index in [1.54, 1.807) is 26.0 Å². The largest absolute Gasteiger partial charge is 0.463 e. The van der Waals surface area contributed by atoms with Crippen LogP contribution in [0.5, 0.6) is 0 Å². The molecule has 0 aromatic heterocycles. The molecule has 9 heteroatoms. The standard InChI is InChI=1S/C62H96O9/c1-12-13-14-15-16-17-18-19-20-21-22-23-24-38-56(65)69-45-54-57(66)58(67)59(68)60(70-54)71-62(10,11)55(64)42-40-50(6)37-29-35-48(4)34-27-32-46(2)30-25-26-31-47(3)33-28-36-49(5)39-41-53-51(7)43-52(63)44-61(53,8)9/h25-37,39-42,52,54-55,57-60,63-64,66-68H,12-24,38,43-45H2,1-11H3/b26-25+,32-27+,33-28+,35-29+,41-39+,42-40+,46-30+,47-31+,48-34+,49-36+,50-37+/t52?,54-,55?,57-,58+,59-,60?/m1/s1. The molecule has 0 bridgehead atoms. The first-order chi connectivity index (χ1) is 33.7. The van der Waals surface area contributed by atoms with Crippen LogP contribution in [-0.4, -0.2) is 86.6 Å². The molecule has 0 saturated carbocycles. The van der Waals surface area contributed by atoms with Gasteiger partial charge in [-0.2, -0.15) is 0 Å². The minimum absolute atomic E-state index is 0.0271. The number of rotatable bonds is 31. The third-order valence-corrected chi connectivity index (χ3v) is 13.2. The van der Waals surface area contributed by atoms with E-state index < -0.39 is 48.4 Å². The summed E-state index contributed by atoms with van der Waals surface area (Å²) >= 11 is 0. The molecule has 0 amide bonds. The van der Waals surface area contributed by atoms with Gasteiger partial charge in [0.15, 0.2) is 6.29 Å². The summed E-state index contributed by atoms with van der Waals surface area (Å²) in [5.74, 6) is -0.407. The summed E-state index contributed by atoms with van der Waals surface area (Å²) in [7, 11) is 0. The number of ether oxygens (including phenoxy) is 3. The lowest BCUT2D eigenvalue weighted by Crippen LogP contribution is -2.61. The highest BCUT2D eigenvalue weighted by atomic mass is 16.7. The molecule has 398 valence electrons. The van der Waals surface area contributed by atoms with Gasteiger partial charge in [-0.05, 0) is 85.6 Å². The Kier molecular flexibility index (Phi) is 30.7. The van der Waals surface area contributed by atoms with Crippen LogP contribution in [0.1, 0.15) is 179 Å². The molecule has 1 heterocycles. The summed E-state index contributed by atoms with van der Waals surface area (Å²) in [6.45, 7) is 21.9. The second-order valence-corrected chi connectivity index (χ2v) is 21.2. The first kappa shape index (κ1) is 63.2. The fourth-order valence-electron chi connectivity index (χ4n) is 8.67. The lowest BCUT2D eigenvalue weighted by atomic mass is 9.71. The minimum atomic E-state index is -1.60. The number of hydrogen-bond acceptors (Lipinski definition) is 9. The summed E-state index contributed by atoms with van der Waals surface area (Å²) in [4.78, 5) is 12.5. The molecule has 7 atom stereocenters. The van der Waals surface area contributed by atoms with Crippen molar-refractivity contribution < 1.29 is 44.5 Å². The van der Waals surface area contributed by atoms with E-state index >= 15 is 0 Å². The Labute approximate surface area is 430 Å². The Morgan fingerprint density at radius 2 is 1.11 bits per heavy atom. The highest BCUT2D eigenvalue weighted by Gasteiger charge is 2.47. The van der Waals surface area contributed by atoms with Crippen molar-refractivity contribution in [3.63, 3.8) is 0 Å². The van der Waals surface area contributed by atoms with E-state index in [1.165, 1.54) is 80.9 Å². The van der Waals surface area contributed by atoms with Crippen molar-refractivity contribution in [2.24, 2.45) is 5.41 Å². The van der Waals surface area contributed by atoms with Gasteiger partial charge in [-0.15, -0.1) is 0 Å². The van der Waals surface area contributed by atoms with E-state index in [2.05, 4.69) is 97.1 Å². The Balaban J connectivity index is 1.79. The lowest BCUT2D eigenvalue weighted by Gasteiger charge is -2.43. The van der Waals surface area contributed by atoms with Gasteiger partial charge in [0.25, 0.3) is 0 Å². The van der Waals surface area contributed by atoms with Crippen LogP contribution in [0.3, 0.4) is 0 Å². The molecule has 1 saturated heterocycles. The number of esters is 1. The van der Waals surface area contributed by atoms with Gasteiger partial charge in [-0.3, -0.25) is 4.79 Å². The van der Waals surface area contributed by atoms with E-state index in [4.69, 9.17) is 14.2 Å². The van der Waals surface area contributed by atoms with Crippen LogP contribution >= 0.6 is 0 Å². The smallest absolute Gasteiger partial charge is 0.305 e.